The number of nitrogens with zero attached hydrogens (tertiary/aromatic N) is 3. The Hall–Kier alpha value is -0.810. The third-order valence-electron chi connectivity index (χ3n) is 0.842. The number of rotatable bonds is 6. The Kier molecular flexibility index (Phi) is 7.53. The summed E-state index contributed by atoms with van der Waals surface area (Å²) in [4.78, 5) is 6.30. The molecule has 0 aromatic carbocycles. The van der Waals surface area contributed by atoms with E-state index in [2.05, 4.69) is 20.2 Å². The molecule has 0 saturated heterocycles. The standard InChI is InChI=1S/C4H10N4O2/c5-8-7-3-1-2-6-4-10-9/h6,9H,1-4H2. The summed E-state index contributed by atoms with van der Waals surface area (Å²) in [5, 5.41) is 13.9. The van der Waals surface area contributed by atoms with Gasteiger partial charge in [0.2, 0.25) is 0 Å². The van der Waals surface area contributed by atoms with Crippen LogP contribution in [-0.2, 0) is 4.89 Å². The Balaban J connectivity index is 2.83. The van der Waals surface area contributed by atoms with Gasteiger partial charge in [-0.25, -0.2) is 4.89 Å². The number of azide groups is 1. The molecule has 0 saturated carbocycles. The van der Waals surface area contributed by atoms with Crippen LogP contribution in [0, 0.1) is 0 Å². The smallest absolute Gasteiger partial charge is 0.132 e. The Labute approximate surface area is 58.4 Å². The van der Waals surface area contributed by atoms with Crippen LogP contribution in [0.15, 0.2) is 5.11 Å². The highest BCUT2D eigenvalue weighted by Crippen LogP contribution is 1.78. The lowest BCUT2D eigenvalue weighted by molar-refractivity contribution is -0.247. The van der Waals surface area contributed by atoms with Crippen molar-refractivity contribution in [1.29, 1.82) is 0 Å². The van der Waals surface area contributed by atoms with Gasteiger partial charge in [-0.1, -0.05) is 5.11 Å². The molecule has 58 valence electrons. The van der Waals surface area contributed by atoms with E-state index in [1.807, 2.05) is 0 Å². The van der Waals surface area contributed by atoms with Crippen molar-refractivity contribution in [2.45, 2.75) is 6.42 Å². The van der Waals surface area contributed by atoms with Crippen LogP contribution in [0.25, 0.3) is 10.4 Å². The Bertz CT molecular complexity index is 112. The Morgan fingerprint density at radius 3 is 3.10 bits per heavy atom. The molecule has 0 bridgehead atoms. The lowest BCUT2D eigenvalue weighted by Gasteiger charge is -1.97. The monoisotopic (exact) mass is 146 g/mol. The summed E-state index contributed by atoms with van der Waals surface area (Å²) in [6.45, 7) is 1.24. The zero-order chi connectivity index (χ0) is 7.66. The van der Waals surface area contributed by atoms with Gasteiger partial charge in [0.15, 0.2) is 0 Å². The fourth-order valence-electron chi connectivity index (χ4n) is 0.437. The van der Waals surface area contributed by atoms with Gasteiger partial charge in [-0.15, -0.1) is 0 Å². The molecule has 6 nitrogen and oxygen atoms in total. The van der Waals surface area contributed by atoms with Gasteiger partial charge in [0.1, 0.15) is 6.73 Å². The highest BCUT2D eigenvalue weighted by Gasteiger charge is 1.83. The molecule has 0 atom stereocenters. The molecule has 10 heavy (non-hydrogen) atoms. The maximum atomic E-state index is 7.84. The predicted molar refractivity (Wildman–Crippen MR) is 35.2 cm³/mol. The summed E-state index contributed by atoms with van der Waals surface area (Å²) in [6, 6.07) is 0. The van der Waals surface area contributed by atoms with Crippen LogP contribution in [0.3, 0.4) is 0 Å². The molecule has 0 aromatic rings. The normalized spacial score (nSPS) is 8.90. The van der Waals surface area contributed by atoms with Crippen molar-refractivity contribution in [2.75, 3.05) is 19.8 Å². The van der Waals surface area contributed by atoms with Crippen molar-refractivity contribution in [3.05, 3.63) is 10.4 Å². The van der Waals surface area contributed by atoms with E-state index >= 15 is 0 Å². The Morgan fingerprint density at radius 1 is 1.70 bits per heavy atom. The summed E-state index contributed by atoms with van der Waals surface area (Å²) in [5.41, 5.74) is 7.84. The second kappa shape index (κ2) is 8.19. The third kappa shape index (κ3) is 7.19. The summed E-state index contributed by atoms with van der Waals surface area (Å²) in [5.74, 6) is 0. The number of hydrogen-bond acceptors (Lipinski definition) is 4. The fourth-order valence-corrected chi connectivity index (χ4v) is 0.437. The SMILES string of the molecule is [N-]=[N+]=NCCCNCOO. The van der Waals surface area contributed by atoms with Crippen molar-refractivity contribution in [1.82, 2.24) is 5.32 Å². The highest BCUT2D eigenvalue weighted by atomic mass is 17.1. The summed E-state index contributed by atoms with van der Waals surface area (Å²) < 4.78 is 0. The molecule has 0 spiro atoms. The van der Waals surface area contributed by atoms with Crippen LogP contribution < -0.4 is 5.32 Å². The zero-order valence-electron chi connectivity index (χ0n) is 5.53. The first-order chi connectivity index (χ1) is 4.91. The Morgan fingerprint density at radius 2 is 2.50 bits per heavy atom. The number of nitrogens with one attached hydrogen (secondary N) is 1. The molecule has 0 aliphatic heterocycles. The maximum absolute atomic E-state index is 7.84. The third-order valence-corrected chi connectivity index (χ3v) is 0.842. The van der Waals surface area contributed by atoms with Gasteiger partial charge in [0.25, 0.3) is 0 Å². The minimum Gasteiger partial charge on any atom is -0.292 e. The minimum absolute atomic E-state index is 0.107. The van der Waals surface area contributed by atoms with E-state index < -0.39 is 0 Å². The second-order valence-corrected chi connectivity index (χ2v) is 1.58. The molecular weight excluding hydrogens is 136 g/mol. The van der Waals surface area contributed by atoms with E-state index in [0.717, 1.165) is 6.42 Å². The molecule has 0 rings (SSSR count). The maximum Gasteiger partial charge on any atom is 0.132 e. The van der Waals surface area contributed by atoms with Gasteiger partial charge in [-0.05, 0) is 18.5 Å². The fraction of sp³-hybridized carbons (Fsp3) is 1.00. The van der Waals surface area contributed by atoms with E-state index in [4.69, 9.17) is 10.8 Å². The average Bonchev–Trinajstić information content (AvgIpc) is 1.97. The van der Waals surface area contributed by atoms with Gasteiger partial charge in [-0.2, -0.15) is 0 Å². The molecule has 0 radical (unpaired) electrons. The molecule has 0 amide bonds. The minimum atomic E-state index is 0.107. The van der Waals surface area contributed by atoms with Crippen molar-refractivity contribution >= 4 is 0 Å². The van der Waals surface area contributed by atoms with Crippen molar-refractivity contribution < 1.29 is 10.1 Å². The quantitative estimate of drug-likeness (QED) is 0.110. The molecule has 0 aliphatic rings. The first-order valence-electron chi connectivity index (χ1n) is 2.89. The van der Waals surface area contributed by atoms with Gasteiger partial charge in [-0.3, -0.25) is 10.6 Å². The predicted octanol–water partition coefficient (Wildman–Crippen LogP) is 0.723. The van der Waals surface area contributed by atoms with E-state index in [-0.39, 0.29) is 6.73 Å². The van der Waals surface area contributed by atoms with Gasteiger partial charge < -0.3 is 0 Å². The summed E-state index contributed by atoms with van der Waals surface area (Å²) in [6.07, 6.45) is 0.743. The van der Waals surface area contributed by atoms with Crippen LogP contribution in [0.1, 0.15) is 6.42 Å². The van der Waals surface area contributed by atoms with Crippen LogP contribution in [0.5, 0.6) is 0 Å². The summed E-state index contributed by atoms with van der Waals surface area (Å²) in [7, 11) is 0. The molecular formula is C4H10N4O2. The highest BCUT2D eigenvalue weighted by molar-refractivity contribution is 4.48. The lowest BCUT2D eigenvalue weighted by Crippen LogP contribution is -2.18. The largest absolute Gasteiger partial charge is 0.292 e. The zero-order valence-corrected chi connectivity index (χ0v) is 5.53. The molecule has 0 fully saturated rings. The van der Waals surface area contributed by atoms with E-state index in [1.165, 1.54) is 0 Å². The topological polar surface area (TPSA) is 90.3 Å². The number of hydrogen-bond donors (Lipinski definition) is 2. The molecule has 0 heterocycles. The molecule has 6 heteroatoms. The first-order valence-corrected chi connectivity index (χ1v) is 2.89. The summed E-state index contributed by atoms with van der Waals surface area (Å²) >= 11 is 0. The van der Waals surface area contributed by atoms with Crippen LogP contribution in [0.2, 0.25) is 0 Å². The molecule has 0 unspecified atom stereocenters. The average molecular weight is 146 g/mol. The van der Waals surface area contributed by atoms with Crippen molar-refractivity contribution in [2.24, 2.45) is 5.11 Å². The van der Waals surface area contributed by atoms with E-state index in [9.17, 15) is 0 Å². The van der Waals surface area contributed by atoms with Gasteiger partial charge >= 0.3 is 0 Å². The molecule has 0 aliphatic carbocycles. The van der Waals surface area contributed by atoms with Crippen molar-refractivity contribution in [3.8, 4) is 0 Å². The van der Waals surface area contributed by atoms with Crippen molar-refractivity contribution in [3.63, 3.8) is 0 Å². The second-order valence-electron chi connectivity index (χ2n) is 1.58. The van der Waals surface area contributed by atoms with Gasteiger partial charge in [0.05, 0.1) is 0 Å². The van der Waals surface area contributed by atoms with Crippen LogP contribution in [-0.4, -0.2) is 25.1 Å². The van der Waals surface area contributed by atoms with Gasteiger partial charge in [0, 0.05) is 11.5 Å². The molecule has 0 aromatic heterocycles. The van der Waals surface area contributed by atoms with Crippen LogP contribution >= 0.6 is 0 Å². The van der Waals surface area contributed by atoms with E-state index in [0.29, 0.717) is 13.1 Å². The van der Waals surface area contributed by atoms with Crippen LogP contribution in [0.4, 0.5) is 0 Å². The molecule has 2 N–H and O–H groups in total. The van der Waals surface area contributed by atoms with E-state index in [1.54, 1.807) is 0 Å². The lowest BCUT2D eigenvalue weighted by atomic mass is 10.4. The first kappa shape index (κ1) is 9.19.